The normalized spacial score (nSPS) is 18.0. The third-order valence-electron chi connectivity index (χ3n) is 5.99. The van der Waals surface area contributed by atoms with Crippen LogP contribution in [0.1, 0.15) is 57.4 Å². The molecule has 1 amide bonds. The lowest BCUT2D eigenvalue weighted by molar-refractivity contribution is -0.129. The van der Waals surface area contributed by atoms with Gasteiger partial charge in [0.1, 0.15) is 5.75 Å². The first-order valence-electron chi connectivity index (χ1n) is 10.8. The van der Waals surface area contributed by atoms with Crippen LogP contribution < -0.4 is 4.74 Å². The van der Waals surface area contributed by atoms with Crippen molar-refractivity contribution in [2.45, 2.75) is 62.6 Å². The van der Waals surface area contributed by atoms with Crippen molar-refractivity contribution in [3.05, 3.63) is 24.3 Å². The van der Waals surface area contributed by atoms with E-state index < -0.39 is 0 Å². The number of ether oxygens (including phenoxy) is 1. The molecule has 2 aromatic rings. The smallest absolute Gasteiger partial charge is 0.233 e. The standard InChI is InChI=1S/C22H30N4O2S/c1-28-19-12-10-17(11-13-19)21-23-24-22(26(21)18-8-4-2-5-9-18)29-16-20(27)25-14-6-3-7-15-25/h10-13,18H,2-9,14-16H2,1H3. The fourth-order valence-corrected chi connectivity index (χ4v) is 5.25. The summed E-state index contributed by atoms with van der Waals surface area (Å²) in [7, 11) is 1.67. The van der Waals surface area contributed by atoms with E-state index in [-0.39, 0.29) is 5.91 Å². The summed E-state index contributed by atoms with van der Waals surface area (Å²) >= 11 is 1.54. The van der Waals surface area contributed by atoms with Crippen LogP contribution in [0.3, 0.4) is 0 Å². The van der Waals surface area contributed by atoms with Crippen LogP contribution in [-0.4, -0.2) is 51.5 Å². The number of benzene rings is 1. The second kappa shape index (κ2) is 9.65. The van der Waals surface area contributed by atoms with Gasteiger partial charge in [0.25, 0.3) is 0 Å². The Labute approximate surface area is 177 Å². The van der Waals surface area contributed by atoms with E-state index in [2.05, 4.69) is 14.8 Å². The highest BCUT2D eigenvalue weighted by Gasteiger charge is 2.25. The average Bonchev–Trinajstić information content (AvgIpc) is 3.22. The summed E-state index contributed by atoms with van der Waals surface area (Å²) in [4.78, 5) is 14.6. The lowest BCUT2D eigenvalue weighted by Crippen LogP contribution is -2.36. The largest absolute Gasteiger partial charge is 0.497 e. The number of hydrogen-bond donors (Lipinski definition) is 0. The zero-order valence-electron chi connectivity index (χ0n) is 17.2. The number of rotatable bonds is 6. The summed E-state index contributed by atoms with van der Waals surface area (Å²) in [5.41, 5.74) is 1.04. The molecule has 7 heteroatoms. The second-order valence-corrected chi connectivity index (χ2v) is 8.87. The van der Waals surface area contributed by atoms with Gasteiger partial charge in [0.05, 0.1) is 12.9 Å². The first-order valence-corrected chi connectivity index (χ1v) is 11.7. The number of likely N-dealkylation sites (tertiary alicyclic amines) is 1. The van der Waals surface area contributed by atoms with Crippen LogP contribution in [0.4, 0.5) is 0 Å². The highest BCUT2D eigenvalue weighted by Crippen LogP contribution is 2.36. The first kappa shape index (κ1) is 20.3. The summed E-state index contributed by atoms with van der Waals surface area (Å²) in [6.07, 6.45) is 9.55. The van der Waals surface area contributed by atoms with Crippen LogP contribution in [-0.2, 0) is 4.79 Å². The molecular formula is C22H30N4O2S. The maximum atomic E-state index is 12.6. The highest BCUT2D eigenvalue weighted by atomic mass is 32.2. The van der Waals surface area contributed by atoms with Crippen LogP contribution in [0.25, 0.3) is 11.4 Å². The zero-order valence-corrected chi connectivity index (χ0v) is 18.0. The van der Waals surface area contributed by atoms with Crippen LogP contribution in [0.2, 0.25) is 0 Å². The fourth-order valence-electron chi connectivity index (χ4n) is 4.34. The molecule has 0 radical (unpaired) electrons. The SMILES string of the molecule is COc1ccc(-c2nnc(SCC(=O)N3CCCCC3)n2C2CCCCC2)cc1. The Hall–Kier alpha value is -2.02. The molecule has 1 saturated heterocycles. The molecule has 6 nitrogen and oxygen atoms in total. The van der Waals surface area contributed by atoms with Gasteiger partial charge in [-0.25, -0.2) is 0 Å². The number of hydrogen-bond acceptors (Lipinski definition) is 5. The van der Waals surface area contributed by atoms with Crippen molar-refractivity contribution < 1.29 is 9.53 Å². The molecule has 1 aromatic carbocycles. The molecule has 0 atom stereocenters. The van der Waals surface area contributed by atoms with E-state index in [1.807, 2.05) is 29.2 Å². The van der Waals surface area contributed by atoms with Gasteiger partial charge in [0.15, 0.2) is 11.0 Å². The second-order valence-electron chi connectivity index (χ2n) is 7.93. The Morgan fingerprint density at radius 2 is 1.72 bits per heavy atom. The molecule has 2 heterocycles. The molecule has 29 heavy (non-hydrogen) atoms. The number of nitrogens with zero attached hydrogens (tertiary/aromatic N) is 4. The number of piperidine rings is 1. The maximum Gasteiger partial charge on any atom is 0.233 e. The Morgan fingerprint density at radius 3 is 2.41 bits per heavy atom. The number of carbonyl (C=O) groups is 1. The number of methoxy groups -OCH3 is 1. The van der Waals surface area contributed by atoms with E-state index >= 15 is 0 Å². The average molecular weight is 415 g/mol. The monoisotopic (exact) mass is 414 g/mol. The van der Waals surface area contributed by atoms with Crippen molar-refractivity contribution in [1.82, 2.24) is 19.7 Å². The number of amides is 1. The Balaban J connectivity index is 1.55. The molecule has 2 fully saturated rings. The van der Waals surface area contributed by atoms with Gasteiger partial charge in [-0.2, -0.15) is 0 Å². The summed E-state index contributed by atoms with van der Waals surface area (Å²) < 4.78 is 7.58. The summed E-state index contributed by atoms with van der Waals surface area (Å²) in [6, 6.07) is 8.40. The fraction of sp³-hybridized carbons (Fsp3) is 0.591. The van der Waals surface area contributed by atoms with E-state index in [1.165, 1.54) is 37.4 Å². The molecule has 0 N–H and O–H groups in total. The van der Waals surface area contributed by atoms with Crippen molar-refractivity contribution in [3.63, 3.8) is 0 Å². The minimum atomic E-state index is 0.221. The van der Waals surface area contributed by atoms with E-state index in [0.29, 0.717) is 11.8 Å². The van der Waals surface area contributed by atoms with Crippen LogP contribution >= 0.6 is 11.8 Å². The summed E-state index contributed by atoms with van der Waals surface area (Å²) in [5.74, 6) is 2.39. The molecule has 1 aliphatic carbocycles. The first-order chi connectivity index (χ1) is 14.3. The van der Waals surface area contributed by atoms with E-state index in [0.717, 1.165) is 61.1 Å². The van der Waals surface area contributed by atoms with Crippen molar-refractivity contribution in [1.29, 1.82) is 0 Å². The molecule has 1 aliphatic heterocycles. The van der Waals surface area contributed by atoms with Gasteiger partial charge in [0, 0.05) is 24.7 Å². The maximum absolute atomic E-state index is 12.6. The molecule has 4 rings (SSSR count). The zero-order chi connectivity index (χ0) is 20.1. The van der Waals surface area contributed by atoms with Crippen LogP contribution in [0.15, 0.2) is 29.4 Å². The molecule has 0 spiro atoms. The van der Waals surface area contributed by atoms with Crippen molar-refractivity contribution >= 4 is 17.7 Å². The predicted octanol–water partition coefficient (Wildman–Crippen LogP) is 4.56. The lowest BCUT2D eigenvalue weighted by atomic mass is 9.95. The van der Waals surface area contributed by atoms with Crippen molar-refractivity contribution in [2.75, 3.05) is 26.0 Å². The van der Waals surface area contributed by atoms with Gasteiger partial charge in [-0.3, -0.25) is 9.36 Å². The Kier molecular flexibility index (Phi) is 6.74. The molecular weight excluding hydrogens is 384 g/mol. The predicted molar refractivity (Wildman–Crippen MR) is 115 cm³/mol. The number of thioether (sulfide) groups is 1. The Morgan fingerprint density at radius 1 is 1.03 bits per heavy atom. The number of carbonyl (C=O) groups excluding carboxylic acids is 1. The molecule has 1 aromatic heterocycles. The van der Waals surface area contributed by atoms with Gasteiger partial charge in [0.2, 0.25) is 5.91 Å². The molecule has 156 valence electrons. The van der Waals surface area contributed by atoms with E-state index in [4.69, 9.17) is 4.74 Å². The minimum absolute atomic E-state index is 0.221. The summed E-state index contributed by atoms with van der Waals surface area (Å²) in [6.45, 7) is 1.79. The molecule has 1 saturated carbocycles. The molecule has 0 unspecified atom stereocenters. The lowest BCUT2D eigenvalue weighted by Gasteiger charge is -2.27. The third-order valence-corrected chi connectivity index (χ3v) is 6.91. The van der Waals surface area contributed by atoms with Crippen molar-refractivity contribution in [2.24, 2.45) is 0 Å². The van der Waals surface area contributed by atoms with Gasteiger partial charge >= 0.3 is 0 Å². The molecule has 2 aliphatic rings. The minimum Gasteiger partial charge on any atom is -0.497 e. The number of aromatic nitrogens is 3. The highest BCUT2D eigenvalue weighted by molar-refractivity contribution is 7.99. The van der Waals surface area contributed by atoms with E-state index in [9.17, 15) is 4.79 Å². The van der Waals surface area contributed by atoms with Crippen LogP contribution in [0, 0.1) is 0 Å². The van der Waals surface area contributed by atoms with Crippen molar-refractivity contribution in [3.8, 4) is 17.1 Å². The summed E-state index contributed by atoms with van der Waals surface area (Å²) in [5, 5.41) is 9.90. The van der Waals surface area contributed by atoms with Crippen LogP contribution in [0.5, 0.6) is 5.75 Å². The topological polar surface area (TPSA) is 60.3 Å². The van der Waals surface area contributed by atoms with Gasteiger partial charge in [-0.15, -0.1) is 10.2 Å². The van der Waals surface area contributed by atoms with E-state index in [1.54, 1.807) is 7.11 Å². The quantitative estimate of drug-likeness (QED) is 0.648. The van der Waals surface area contributed by atoms with Gasteiger partial charge < -0.3 is 9.64 Å². The molecule has 0 bridgehead atoms. The van der Waals surface area contributed by atoms with Gasteiger partial charge in [-0.05, 0) is 56.4 Å². The Bertz CT molecular complexity index is 809. The third kappa shape index (κ3) is 4.77. The van der Waals surface area contributed by atoms with Gasteiger partial charge in [-0.1, -0.05) is 31.0 Å².